The van der Waals surface area contributed by atoms with E-state index < -0.39 is 0 Å². The number of benzene rings is 3. The lowest BCUT2D eigenvalue weighted by atomic mass is 10.0. The Morgan fingerprint density at radius 1 is 1.04 bits per heavy atom. The van der Waals surface area contributed by atoms with Gasteiger partial charge in [0.15, 0.2) is 11.5 Å². The summed E-state index contributed by atoms with van der Waals surface area (Å²) in [5, 5.41) is 2.63. The summed E-state index contributed by atoms with van der Waals surface area (Å²) in [5.74, 6) is 0.847. The smallest absolute Gasteiger partial charge is 0.310 e. The van der Waals surface area contributed by atoms with E-state index in [-0.39, 0.29) is 19.0 Å². The molecule has 4 nitrogen and oxygen atoms in total. The zero-order valence-corrected chi connectivity index (χ0v) is 14.8. The van der Waals surface area contributed by atoms with Crippen LogP contribution in [-0.4, -0.2) is 19.2 Å². The van der Waals surface area contributed by atoms with Gasteiger partial charge in [-0.05, 0) is 34.0 Å². The summed E-state index contributed by atoms with van der Waals surface area (Å²) in [6, 6.07) is 17.5. The first-order chi connectivity index (χ1) is 12.7. The quantitative estimate of drug-likeness (QED) is 0.634. The number of hydrogen-bond donors (Lipinski definition) is 0. The minimum Gasteiger partial charge on any atom is -0.486 e. The lowest BCUT2D eigenvalue weighted by molar-refractivity contribution is -0.144. The second-order valence-electron chi connectivity index (χ2n) is 6.08. The highest BCUT2D eigenvalue weighted by atomic mass is 35.5. The number of fused-ring (bicyclic) bond motifs is 2. The highest BCUT2D eigenvalue weighted by Gasteiger charge is 2.17. The van der Waals surface area contributed by atoms with Crippen LogP contribution in [0.15, 0.2) is 54.6 Å². The van der Waals surface area contributed by atoms with Gasteiger partial charge in [-0.15, -0.1) is 0 Å². The van der Waals surface area contributed by atoms with E-state index in [4.69, 9.17) is 25.8 Å². The van der Waals surface area contributed by atoms with E-state index in [0.717, 1.165) is 21.9 Å². The summed E-state index contributed by atoms with van der Waals surface area (Å²) < 4.78 is 16.5. The molecule has 0 saturated carbocycles. The third-order valence-electron chi connectivity index (χ3n) is 4.27. The zero-order chi connectivity index (χ0) is 17.9. The van der Waals surface area contributed by atoms with Gasteiger partial charge in [0.2, 0.25) is 0 Å². The van der Waals surface area contributed by atoms with Gasteiger partial charge >= 0.3 is 5.97 Å². The van der Waals surface area contributed by atoms with Gasteiger partial charge in [0, 0.05) is 0 Å². The average Bonchev–Trinajstić information content (AvgIpc) is 2.67. The molecule has 5 heteroatoms. The van der Waals surface area contributed by atoms with Crippen molar-refractivity contribution < 1.29 is 19.0 Å². The van der Waals surface area contributed by atoms with Crippen LogP contribution in [0.3, 0.4) is 0 Å². The van der Waals surface area contributed by atoms with Crippen LogP contribution in [0.25, 0.3) is 10.8 Å². The molecule has 0 atom stereocenters. The van der Waals surface area contributed by atoms with Crippen LogP contribution in [0.2, 0.25) is 5.02 Å². The molecule has 0 bridgehead atoms. The van der Waals surface area contributed by atoms with E-state index in [1.54, 1.807) is 12.1 Å². The van der Waals surface area contributed by atoms with E-state index in [9.17, 15) is 4.79 Å². The molecule has 0 unspecified atom stereocenters. The summed E-state index contributed by atoms with van der Waals surface area (Å²) in [7, 11) is 0. The van der Waals surface area contributed by atoms with Crippen LogP contribution in [0.1, 0.15) is 11.1 Å². The Balaban J connectivity index is 1.45. The highest BCUT2D eigenvalue weighted by Crippen LogP contribution is 2.38. The molecule has 132 valence electrons. The molecular weight excluding hydrogens is 352 g/mol. The summed E-state index contributed by atoms with van der Waals surface area (Å²) in [6.07, 6.45) is 0.222. The molecule has 0 aliphatic carbocycles. The number of carbonyl (C=O) groups is 1. The van der Waals surface area contributed by atoms with E-state index in [2.05, 4.69) is 0 Å². The molecule has 3 aromatic carbocycles. The molecule has 26 heavy (non-hydrogen) atoms. The topological polar surface area (TPSA) is 44.8 Å². The highest BCUT2D eigenvalue weighted by molar-refractivity contribution is 6.32. The SMILES string of the molecule is O=C(Cc1cccc2ccccc12)OCc1cc(Cl)c2c(c1)OCCO2. The Morgan fingerprint density at radius 2 is 1.85 bits per heavy atom. The van der Waals surface area contributed by atoms with E-state index in [0.29, 0.717) is 29.7 Å². The molecule has 1 aliphatic heterocycles. The Hall–Kier alpha value is -2.72. The maximum absolute atomic E-state index is 12.3. The summed E-state index contributed by atoms with van der Waals surface area (Å²) >= 11 is 6.21. The number of ether oxygens (including phenoxy) is 3. The number of hydrogen-bond acceptors (Lipinski definition) is 4. The predicted octanol–water partition coefficient (Wildman–Crippen LogP) is 4.55. The average molecular weight is 369 g/mol. The minimum absolute atomic E-state index is 0.139. The van der Waals surface area contributed by atoms with E-state index in [1.807, 2.05) is 42.5 Å². The lowest BCUT2D eigenvalue weighted by Gasteiger charge is -2.20. The van der Waals surface area contributed by atoms with E-state index >= 15 is 0 Å². The molecule has 0 fully saturated rings. The van der Waals surface area contributed by atoms with Crippen molar-refractivity contribution in [2.24, 2.45) is 0 Å². The monoisotopic (exact) mass is 368 g/mol. The Labute approximate surface area is 156 Å². The lowest BCUT2D eigenvalue weighted by Crippen LogP contribution is -2.16. The van der Waals surface area contributed by atoms with Gasteiger partial charge < -0.3 is 14.2 Å². The van der Waals surface area contributed by atoms with Gasteiger partial charge in [0.25, 0.3) is 0 Å². The van der Waals surface area contributed by atoms with Crippen molar-refractivity contribution in [1.82, 2.24) is 0 Å². The molecule has 0 N–H and O–H groups in total. The first-order valence-corrected chi connectivity index (χ1v) is 8.79. The van der Waals surface area contributed by atoms with Gasteiger partial charge in [-0.25, -0.2) is 0 Å². The normalized spacial score (nSPS) is 12.8. The van der Waals surface area contributed by atoms with Gasteiger partial charge in [0.05, 0.1) is 11.4 Å². The molecule has 1 heterocycles. The Bertz CT molecular complexity index is 962. The van der Waals surface area contributed by atoms with Crippen molar-refractivity contribution in [2.45, 2.75) is 13.0 Å². The fraction of sp³-hybridized carbons (Fsp3) is 0.190. The van der Waals surface area contributed by atoms with Crippen molar-refractivity contribution in [3.63, 3.8) is 0 Å². The van der Waals surface area contributed by atoms with E-state index in [1.165, 1.54) is 0 Å². The van der Waals surface area contributed by atoms with Gasteiger partial charge in [-0.3, -0.25) is 4.79 Å². The fourth-order valence-corrected chi connectivity index (χ4v) is 3.35. The molecule has 0 spiro atoms. The number of carbonyl (C=O) groups excluding carboxylic acids is 1. The largest absolute Gasteiger partial charge is 0.486 e. The van der Waals surface area contributed by atoms with Crippen LogP contribution < -0.4 is 9.47 Å². The molecule has 0 saturated heterocycles. The first kappa shape index (κ1) is 16.7. The maximum atomic E-state index is 12.3. The minimum atomic E-state index is -0.285. The standard InChI is InChI=1S/C21H17ClO4/c22-18-10-14(11-19-21(18)25-9-8-24-19)13-26-20(23)12-16-6-3-5-15-4-1-2-7-17(15)16/h1-7,10-11H,8-9,12-13H2. The Morgan fingerprint density at radius 3 is 2.77 bits per heavy atom. The van der Waals surface area contributed by atoms with Gasteiger partial charge in [-0.2, -0.15) is 0 Å². The summed E-state index contributed by atoms with van der Waals surface area (Å²) in [4.78, 5) is 12.3. The van der Waals surface area contributed by atoms with Crippen LogP contribution in [0.5, 0.6) is 11.5 Å². The maximum Gasteiger partial charge on any atom is 0.310 e. The van der Waals surface area contributed by atoms with Crippen LogP contribution >= 0.6 is 11.6 Å². The van der Waals surface area contributed by atoms with Crippen LogP contribution in [0, 0.1) is 0 Å². The number of rotatable bonds is 4. The second-order valence-corrected chi connectivity index (χ2v) is 6.48. The Kier molecular flexibility index (Phi) is 4.67. The first-order valence-electron chi connectivity index (χ1n) is 8.41. The molecule has 1 aliphatic rings. The van der Waals surface area contributed by atoms with Gasteiger partial charge in [0.1, 0.15) is 19.8 Å². The van der Waals surface area contributed by atoms with Crippen molar-refractivity contribution >= 4 is 28.3 Å². The molecule has 0 aromatic heterocycles. The molecule has 0 radical (unpaired) electrons. The zero-order valence-electron chi connectivity index (χ0n) is 14.0. The van der Waals surface area contributed by atoms with Crippen LogP contribution in [0.4, 0.5) is 0 Å². The van der Waals surface area contributed by atoms with Crippen molar-refractivity contribution in [3.8, 4) is 11.5 Å². The van der Waals surface area contributed by atoms with Crippen molar-refractivity contribution in [3.05, 3.63) is 70.7 Å². The molecule has 4 rings (SSSR count). The molecular formula is C21H17ClO4. The number of esters is 1. The molecule has 0 amide bonds. The third-order valence-corrected chi connectivity index (χ3v) is 4.55. The molecule has 3 aromatic rings. The van der Waals surface area contributed by atoms with Gasteiger partial charge in [-0.1, -0.05) is 54.1 Å². The predicted molar refractivity (Wildman–Crippen MR) is 99.9 cm³/mol. The van der Waals surface area contributed by atoms with Crippen LogP contribution in [-0.2, 0) is 22.6 Å². The fourth-order valence-electron chi connectivity index (χ4n) is 3.06. The van der Waals surface area contributed by atoms with Crippen molar-refractivity contribution in [1.29, 1.82) is 0 Å². The number of halogens is 1. The third kappa shape index (κ3) is 3.46. The second kappa shape index (κ2) is 7.26. The summed E-state index contributed by atoms with van der Waals surface area (Å²) in [5.41, 5.74) is 1.72. The van der Waals surface area contributed by atoms with Crippen molar-refractivity contribution in [2.75, 3.05) is 13.2 Å². The summed E-state index contributed by atoms with van der Waals surface area (Å²) in [6.45, 7) is 1.10.